The number of halogens is 2. The minimum atomic E-state index is -2.70. The largest absolute Gasteiger partial charge is 0.328 e. The van der Waals surface area contributed by atoms with Gasteiger partial charge in [0.05, 0.1) is 5.54 Å². The number of nitrogens with two attached hydrogens (primary N) is 1. The molecule has 0 aromatic rings. The highest BCUT2D eigenvalue weighted by atomic mass is 19.3. The molecule has 0 heterocycles. The molecule has 1 aliphatic carbocycles. The molecule has 4 heteroatoms. The Morgan fingerprint density at radius 3 is 1.93 bits per heavy atom. The van der Waals surface area contributed by atoms with Crippen LogP contribution in [0.15, 0.2) is 0 Å². The summed E-state index contributed by atoms with van der Waals surface area (Å²) in [5.41, 5.74) is 4.63. The number of nitrogens with one attached hydrogen (secondary N) is 1. The van der Waals surface area contributed by atoms with Gasteiger partial charge in [-0.2, -0.15) is 0 Å². The summed E-state index contributed by atoms with van der Waals surface area (Å²) in [4.78, 5) is 0. The third kappa shape index (κ3) is 3.38. The number of hydrogen-bond acceptors (Lipinski definition) is 2. The van der Waals surface area contributed by atoms with Gasteiger partial charge in [-0.3, -0.25) is 0 Å². The zero-order chi connectivity index (χ0) is 11.7. The molecule has 0 aromatic carbocycles. The van der Waals surface area contributed by atoms with E-state index < -0.39 is 11.5 Å². The van der Waals surface area contributed by atoms with Gasteiger partial charge in [0.2, 0.25) is 0 Å². The highest BCUT2D eigenvalue weighted by Crippen LogP contribution is 2.29. The molecule has 1 saturated carbocycles. The molecule has 1 rings (SSSR count). The van der Waals surface area contributed by atoms with Gasteiger partial charge in [-0.15, -0.1) is 0 Å². The third-order valence-corrected chi connectivity index (χ3v) is 3.43. The Kier molecular flexibility index (Phi) is 3.71. The summed E-state index contributed by atoms with van der Waals surface area (Å²) in [7, 11) is 0. The van der Waals surface area contributed by atoms with Gasteiger partial charge in [-0.05, 0) is 39.5 Å². The van der Waals surface area contributed by atoms with Crippen molar-refractivity contribution in [1.82, 2.24) is 5.32 Å². The van der Waals surface area contributed by atoms with E-state index in [2.05, 4.69) is 5.32 Å². The average Bonchev–Trinajstić information content (AvgIpc) is 2.06. The van der Waals surface area contributed by atoms with Crippen LogP contribution < -0.4 is 11.1 Å². The molecule has 2 nitrogen and oxygen atoms in total. The molecule has 1 aliphatic rings. The highest BCUT2D eigenvalue weighted by Gasteiger charge is 2.43. The van der Waals surface area contributed by atoms with Gasteiger partial charge in [0.15, 0.2) is 0 Å². The molecule has 3 N–H and O–H groups in total. The minimum Gasteiger partial charge on any atom is -0.328 e. The Bertz CT molecular complexity index is 203. The fraction of sp³-hybridized carbons (Fsp3) is 1.00. The standard InChI is InChI=1S/C11H22F2N2/c1-10(2,11(3,12)13)15-9-6-4-8(14)5-7-9/h8-9,15H,4-7,14H2,1-3H3. The quantitative estimate of drug-likeness (QED) is 0.765. The van der Waals surface area contributed by atoms with Crippen LogP contribution in [-0.4, -0.2) is 23.5 Å². The lowest BCUT2D eigenvalue weighted by Gasteiger charge is -2.38. The van der Waals surface area contributed by atoms with Gasteiger partial charge in [-0.25, -0.2) is 8.78 Å². The Morgan fingerprint density at radius 1 is 1.07 bits per heavy atom. The lowest BCUT2D eigenvalue weighted by molar-refractivity contribution is -0.0642. The first-order chi connectivity index (χ1) is 6.72. The Morgan fingerprint density at radius 2 is 1.53 bits per heavy atom. The molecule has 0 aliphatic heterocycles. The van der Waals surface area contributed by atoms with E-state index in [1.165, 1.54) is 0 Å². The van der Waals surface area contributed by atoms with Crippen LogP contribution in [0.25, 0.3) is 0 Å². The summed E-state index contributed by atoms with van der Waals surface area (Å²) in [5, 5.41) is 3.05. The lowest BCUT2D eigenvalue weighted by Crippen LogP contribution is -2.57. The van der Waals surface area contributed by atoms with Gasteiger partial charge >= 0.3 is 0 Å². The molecule has 0 bridgehead atoms. The molecule has 90 valence electrons. The molecule has 0 atom stereocenters. The molecule has 0 saturated heterocycles. The van der Waals surface area contributed by atoms with Crippen LogP contribution in [-0.2, 0) is 0 Å². The van der Waals surface area contributed by atoms with E-state index >= 15 is 0 Å². The second-order valence-electron chi connectivity index (χ2n) is 5.27. The van der Waals surface area contributed by atoms with E-state index in [-0.39, 0.29) is 12.1 Å². The fourth-order valence-corrected chi connectivity index (χ4v) is 1.90. The van der Waals surface area contributed by atoms with Gasteiger partial charge in [0.1, 0.15) is 0 Å². The Balaban J connectivity index is 2.48. The highest BCUT2D eigenvalue weighted by molar-refractivity contribution is 4.93. The smallest absolute Gasteiger partial charge is 0.262 e. The van der Waals surface area contributed by atoms with Crippen LogP contribution in [0, 0.1) is 0 Å². The van der Waals surface area contributed by atoms with E-state index in [0.29, 0.717) is 0 Å². The zero-order valence-corrected chi connectivity index (χ0v) is 9.82. The monoisotopic (exact) mass is 220 g/mol. The first kappa shape index (κ1) is 12.8. The summed E-state index contributed by atoms with van der Waals surface area (Å²) >= 11 is 0. The second kappa shape index (κ2) is 4.34. The molecule has 0 radical (unpaired) electrons. The van der Waals surface area contributed by atoms with Crippen molar-refractivity contribution < 1.29 is 8.78 Å². The number of alkyl halides is 2. The fourth-order valence-electron chi connectivity index (χ4n) is 1.90. The van der Waals surface area contributed by atoms with E-state index in [0.717, 1.165) is 32.6 Å². The SMILES string of the molecule is CC(F)(F)C(C)(C)NC1CCC(N)CC1. The van der Waals surface area contributed by atoms with E-state index in [4.69, 9.17) is 5.73 Å². The Hall–Kier alpha value is -0.220. The number of rotatable bonds is 3. The number of hydrogen-bond donors (Lipinski definition) is 2. The molecular weight excluding hydrogens is 198 g/mol. The van der Waals surface area contributed by atoms with E-state index in [1.54, 1.807) is 13.8 Å². The lowest BCUT2D eigenvalue weighted by atomic mass is 9.88. The molecule has 0 amide bonds. The van der Waals surface area contributed by atoms with Gasteiger partial charge in [0.25, 0.3) is 5.92 Å². The zero-order valence-electron chi connectivity index (χ0n) is 9.82. The van der Waals surface area contributed by atoms with Crippen LogP contribution in [0.5, 0.6) is 0 Å². The van der Waals surface area contributed by atoms with Crippen LogP contribution in [0.1, 0.15) is 46.5 Å². The van der Waals surface area contributed by atoms with Crippen molar-refractivity contribution in [1.29, 1.82) is 0 Å². The summed E-state index contributed by atoms with van der Waals surface area (Å²) in [6.45, 7) is 4.08. The van der Waals surface area contributed by atoms with Gasteiger partial charge in [-0.1, -0.05) is 0 Å². The maximum Gasteiger partial charge on any atom is 0.262 e. The van der Waals surface area contributed by atoms with Crippen molar-refractivity contribution in [2.45, 2.75) is 70.0 Å². The maximum atomic E-state index is 13.2. The third-order valence-electron chi connectivity index (χ3n) is 3.43. The topological polar surface area (TPSA) is 38.0 Å². The molecule has 1 fully saturated rings. The van der Waals surface area contributed by atoms with Crippen LogP contribution in [0.2, 0.25) is 0 Å². The summed E-state index contributed by atoms with van der Waals surface area (Å²) in [6.07, 6.45) is 3.67. The van der Waals surface area contributed by atoms with E-state index in [9.17, 15) is 8.78 Å². The molecule has 0 aromatic heterocycles. The van der Waals surface area contributed by atoms with Crippen molar-refractivity contribution in [2.75, 3.05) is 0 Å². The van der Waals surface area contributed by atoms with Gasteiger partial charge < -0.3 is 11.1 Å². The summed E-state index contributed by atoms with van der Waals surface area (Å²) in [6, 6.07) is 0.443. The van der Waals surface area contributed by atoms with Crippen LogP contribution in [0.4, 0.5) is 8.78 Å². The maximum absolute atomic E-state index is 13.2. The minimum absolute atomic E-state index is 0.186. The van der Waals surface area contributed by atoms with Crippen molar-refractivity contribution in [3.8, 4) is 0 Å². The van der Waals surface area contributed by atoms with Crippen molar-refractivity contribution >= 4 is 0 Å². The average molecular weight is 220 g/mol. The first-order valence-corrected chi connectivity index (χ1v) is 5.63. The predicted octanol–water partition coefficient (Wildman–Crippen LogP) is 2.28. The molecule has 15 heavy (non-hydrogen) atoms. The normalized spacial score (nSPS) is 29.2. The van der Waals surface area contributed by atoms with E-state index in [1.807, 2.05) is 0 Å². The molecule has 0 spiro atoms. The second-order valence-corrected chi connectivity index (χ2v) is 5.27. The van der Waals surface area contributed by atoms with Crippen LogP contribution >= 0.6 is 0 Å². The molecule has 0 unspecified atom stereocenters. The summed E-state index contributed by atoms with van der Waals surface area (Å²) in [5.74, 6) is -2.70. The molecular formula is C11H22F2N2. The summed E-state index contributed by atoms with van der Waals surface area (Å²) < 4.78 is 26.5. The van der Waals surface area contributed by atoms with Crippen molar-refractivity contribution in [3.05, 3.63) is 0 Å². The van der Waals surface area contributed by atoms with Gasteiger partial charge in [0, 0.05) is 19.0 Å². The van der Waals surface area contributed by atoms with Crippen LogP contribution in [0.3, 0.4) is 0 Å². The predicted molar refractivity (Wildman–Crippen MR) is 58.1 cm³/mol. The Labute approximate surface area is 90.6 Å². The van der Waals surface area contributed by atoms with Crippen molar-refractivity contribution in [2.24, 2.45) is 5.73 Å². The van der Waals surface area contributed by atoms with Crippen molar-refractivity contribution in [3.63, 3.8) is 0 Å². The first-order valence-electron chi connectivity index (χ1n) is 5.63.